The van der Waals surface area contributed by atoms with E-state index >= 15 is 0 Å². The lowest BCUT2D eigenvalue weighted by Crippen LogP contribution is -2.40. The Labute approximate surface area is 209 Å². The maximum absolute atomic E-state index is 13.6. The fraction of sp³-hybridized carbons (Fsp3) is 0.417. The van der Waals surface area contributed by atoms with Crippen LogP contribution in [-0.4, -0.2) is 51.6 Å². The molecular formula is C24H27N7O4S. The summed E-state index contributed by atoms with van der Waals surface area (Å²) in [6, 6.07) is 5.09. The molecule has 2 unspecified atom stereocenters. The normalized spacial score (nSPS) is 22.5. The Balaban J connectivity index is 1.37. The third kappa shape index (κ3) is 4.85. The van der Waals surface area contributed by atoms with Gasteiger partial charge in [-0.2, -0.15) is 0 Å². The zero-order chi connectivity index (χ0) is 25.3. The fourth-order valence-electron chi connectivity index (χ4n) is 4.77. The predicted octanol–water partition coefficient (Wildman–Crippen LogP) is 2.80. The highest BCUT2D eigenvalue weighted by molar-refractivity contribution is 7.92. The largest absolute Gasteiger partial charge is 0.477 e. The van der Waals surface area contributed by atoms with Gasteiger partial charge in [-0.1, -0.05) is 0 Å². The average molecular weight is 510 g/mol. The molecule has 2 aliphatic carbocycles. The molecule has 2 N–H and O–H groups in total. The minimum Gasteiger partial charge on any atom is -0.477 e. The lowest BCUT2D eigenvalue weighted by atomic mass is 9.78. The highest BCUT2D eigenvalue weighted by atomic mass is 32.2. The van der Waals surface area contributed by atoms with E-state index in [0.29, 0.717) is 54.4 Å². The van der Waals surface area contributed by atoms with Gasteiger partial charge in [0, 0.05) is 17.8 Å². The van der Waals surface area contributed by atoms with Crippen molar-refractivity contribution in [2.75, 3.05) is 22.4 Å². The molecule has 0 saturated heterocycles. The third-order valence-electron chi connectivity index (χ3n) is 6.73. The number of anilines is 2. The van der Waals surface area contributed by atoms with Crippen molar-refractivity contribution in [1.82, 2.24) is 24.9 Å². The molecule has 0 radical (unpaired) electrons. The van der Waals surface area contributed by atoms with Crippen molar-refractivity contribution in [3.05, 3.63) is 48.8 Å². The van der Waals surface area contributed by atoms with E-state index in [9.17, 15) is 13.2 Å². The van der Waals surface area contributed by atoms with Crippen molar-refractivity contribution in [2.45, 2.75) is 38.5 Å². The molecule has 2 fully saturated rings. The first kappa shape index (κ1) is 24.0. The molecule has 2 atom stereocenters. The van der Waals surface area contributed by atoms with Crippen molar-refractivity contribution < 1.29 is 17.9 Å². The Kier molecular flexibility index (Phi) is 6.29. The summed E-state index contributed by atoms with van der Waals surface area (Å²) in [5.74, 6) is 1.63. The molecule has 3 aromatic rings. The zero-order valence-corrected chi connectivity index (χ0v) is 20.8. The first-order chi connectivity index (χ1) is 17.3. The summed E-state index contributed by atoms with van der Waals surface area (Å²) in [6.07, 6.45) is 8.49. The molecule has 11 nitrogen and oxygen atoms in total. The number of nitrogens with one attached hydrogen (secondary N) is 2. The van der Waals surface area contributed by atoms with Gasteiger partial charge in [-0.05, 0) is 57.1 Å². The molecular weight excluding hydrogens is 482 g/mol. The minimum absolute atomic E-state index is 0.0781. The summed E-state index contributed by atoms with van der Waals surface area (Å²) in [6.45, 7) is 3.91. The summed E-state index contributed by atoms with van der Waals surface area (Å²) in [4.78, 5) is 35.0. The van der Waals surface area contributed by atoms with Gasteiger partial charge in [0.2, 0.25) is 21.8 Å². The van der Waals surface area contributed by atoms with E-state index in [-0.39, 0.29) is 17.5 Å². The number of sulfonamides is 1. The summed E-state index contributed by atoms with van der Waals surface area (Å²) in [7, 11) is -3.50. The smallest absolute Gasteiger partial charge is 0.237 e. The molecule has 0 spiro atoms. The predicted molar refractivity (Wildman–Crippen MR) is 133 cm³/mol. The molecule has 1 amide bonds. The lowest BCUT2D eigenvalue weighted by Gasteiger charge is -2.29. The van der Waals surface area contributed by atoms with Crippen molar-refractivity contribution in [2.24, 2.45) is 11.8 Å². The van der Waals surface area contributed by atoms with Crippen molar-refractivity contribution in [1.29, 1.82) is 0 Å². The summed E-state index contributed by atoms with van der Waals surface area (Å²) < 4.78 is 31.9. The van der Waals surface area contributed by atoms with Crippen LogP contribution in [0.25, 0.3) is 11.3 Å². The number of ether oxygens (including phenoxy) is 1. The van der Waals surface area contributed by atoms with Crippen molar-refractivity contribution in [3.8, 4) is 17.1 Å². The van der Waals surface area contributed by atoms with Gasteiger partial charge in [-0.25, -0.2) is 28.4 Å². The van der Waals surface area contributed by atoms with Gasteiger partial charge in [-0.3, -0.25) is 14.5 Å². The van der Waals surface area contributed by atoms with Crippen LogP contribution in [0.5, 0.6) is 5.88 Å². The van der Waals surface area contributed by atoms with E-state index in [2.05, 4.69) is 35.0 Å². The van der Waals surface area contributed by atoms with E-state index < -0.39 is 15.4 Å². The monoisotopic (exact) mass is 509 g/mol. The van der Waals surface area contributed by atoms with Gasteiger partial charge in [-0.15, -0.1) is 0 Å². The highest BCUT2D eigenvalue weighted by Gasteiger charge is 2.59. The zero-order valence-electron chi connectivity index (χ0n) is 20.0. The van der Waals surface area contributed by atoms with E-state index in [1.807, 2.05) is 13.0 Å². The van der Waals surface area contributed by atoms with Crippen LogP contribution in [0.3, 0.4) is 0 Å². The summed E-state index contributed by atoms with van der Waals surface area (Å²) >= 11 is 0. The number of nitrogens with zero attached hydrogens (tertiary/aromatic N) is 5. The average Bonchev–Trinajstić information content (AvgIpc) is 3.50. The Hall–Kier alpha value is -3.67. The number of carbonyl (C=O) groups is 1. The van der Waals surface area contributed by atoms with Crippen LogP contribution in [0.2, 0.25) is 0 Å². The SMILES string of the molecule is CCOc1cncc(-c2ccc(NC(=O)C3(c4cc(NS(=O)(=O)CC)ncn4)CC4CC4C3)nc2)n1. The number of pyridine rings is 1. The molecule has 0 aromatic carbocycles. The quantitative estimate of drug-likeness (QED) is 0.444. The number of rotatable bonds is 9. The minimum atomic E-state index is -3.50. The molecule has 12 heteroatoms. The van der Waals surface area contributed by atoms with Crippen LogP contribution in [0.4, 0.5) is 11.6 Å². The second-order valence-corrected chi connectivity index (χ2v) is 11.1. The van der Waals surface area contributed by atoms with Crippen LogP contribution >= 0.6 is 0 Å². The molecule has 2 aliphatic rings. The maximum atomic E-state index is 13.6. The molecule has 3 heterocycles. The second-order valence-electron chi connectivity index (χ2n) is 9.10. The van der Waals surface area contributed by atoms with Crippen LogP contribution in [0.1, 0.15) is 38.8 Å². The number of hydrogen-bond donors (Lipinski definition) is 2. The lowest BCUT2D eigenvalue weighted by molar-refractivity contribution is -0.122. The molecule has 5 rings (SSSR count). The number of aromatic nitrogens is 5. The van der Waals surface area contributed by atoms with E-state index in [4.69, 9.17) is 4.74 Å². The first-order valence-electron chi connectivity index (χ1n) is 11.9. The van der Waals surface area contributed by atoms with Gasteiger partial charge in [0.1, 0.15) is 18.0 Å². The summed E-state index contributed by atoms with van der Waals surface area (Å²) in [5, 5.41) is 2.94. The molecule has 0 aliphatic heterocycles. The van der Waals surface area contributed by atoms with Crippen LogP contribution in [0.15, 0.2) is 43.1 Å². The Morgan fingerprint density at radius 2 is 1.89 bits per heavy atom. The number of fused-ring (bicyclic) bond motifs is 1. The van der Waals surface area contributed by atoms with E-state index in [1.165, 1.54) is 6.33 Å². The highest BCUT2D eigenvalue weighted by Crippen LogP contribution is 2.60. The number of hydrogen-bond acceptors (Lipinski definition) is 9. The molecule has 36 heavy (non-hydrogen) atoms. The van der Waals surface area contributed by atoms with E-state index in [0.717, 1.165) is 12.0 Å². The number of amides is 1. The maximum Gasteiger partial charge on any atom is 0.237 e. The Morgan fingerprint density at radius 1 is 1.08 bits per heavy atom. The van der Waals surface area contributed by atoms with Gasteiger partial charge in [0.15, 0.2) is 0 Å². The molecule has 188 valence electrons. The van der Waals surface area contributed by atoms with Crippen LogP contribution in [-0.2, 0) is 20.2 Å². The van der Waals surface area contributed by atoms with Gasteiger partial charge < -0.3 is 10.1 Å². The number of carbonyl (C=O) groups excluding carboxylic acids is 1. The fourth-order valence-corrected chi connectivity index (χ4v) is 5.34. The molecule has 2 saturated carbocycles. The molecule has 3 aromatic heterocycles. The first-order valence-corrected chi connectivity index (χ1v) is 13.5. The standard InChI is InChI=1S/C24H27N7O4S/c1-3-35-22-13-25-12-18(29-22)15-5-6-20(26-11-15)30-23(32)24(9-16-7-17(16)10-24)19-8-21(28-14-27-19)31-36(33,34)4-2/h5-6,8,11-14,16-17H,3-4,7,9-10H2,1-2H3,(H,26,30,32)(H,27,28,31). The van der Waals surface area contributed by atoms with Crippen LogP contribution < -0.4 is 14.8 Å². The van der Waals surface area contributed by atoms with Crippen molar-refractivity contribution >= 4 is 27.6 Å². The van der Waals surface area contributed by atoms with Gasteiger partial charge >= 0.3 is 0 Å². The van der Waals surface area contributed by atoms with Gasteiger partial charge in [0.05, 0.1) is 41.6 Å². The van der Waals surface area contributed by atoms with E-state index in [1.54, 1.807) is 37.6 Å². The molecule has 0 bridgehead atoms. The van der Waals surface area contributed by atoms with Gasteiger partial charge in [0.25, 0.3) is 0 Å². The second kappa shape index (κ2) is 9.41. The van der Waals surface area contributed by atoms with Crippen LogP contribution in [0, 0.1) is 11.8 Å². The Morgan fingerprint density at radius 3 is 2.58 bits per heavy atom. The van der Waals surface area contributed by atoms with Crippen molar-refractivity contribution in [3.63, 3.8) is 0 Å². The topological polar surface area (TPSA) is 149 Å². The summed E-state index contributed by atoms with van der Waals surface area (Å²) in [5.41, 5.74) is 0.987. The Bertz CT molecular complexity index is 1370. The third-order valence-corrected chi connectivity index (χ3v) is 8.01.